The van der Waals surface area contributed by atoms with Crippen LogP contribution in [-0.4, -0.2) is 0 Å². The summed E-state index contributed by atoms with van der Waals surface area (Å²) in [6.45, 7) is 0. The molecule has 10 rings (SSSR count). The van der Waals surface area contributed by atoms with Crippen molar-refractivity contribution in [3.05, 3.63) is 169 Å². The van der Waals surface area contributed by atoms with E-state index in [0.717, 1.165) is 0 Å². The van der Waals surface area contributed by atoms with E-state index in [2.05, 4.69) is 0 Å². The maximum atomic E-state index is 9.77. The molecule has 10 aromatic rings. The fourth-order valence-corrected chi connectivity index (χ4v) is 6.15. The van der Waals surface area contributed by atoms with Gasteiger partial charge in [0.15, 0.2) is 0 Å². The molecular formula is C46H28O. The van der Waals surface area contributed by atoms with Crippen LogP contribution < -0.4 is 0 Å². The summed E-state index contributed by atoms with van der Waals surface area (Å²) < 4.78 is 184. The standard InChI is InChI=1S/C46H28O/c1-2-10-29(11-3-1)32-18-19-34-25-35(21-20-33(34)24-32)45-37-14-6-8-16-39(37)46(40-17-9-7-15-38(40)45)36-22-23-43-41(27-36)42-26-30-12-4-5-13-31(30)28-44(42)47-43/h1-28H/i1D,2D,3D,4D,5D,10D,11D,12D,13D,18D,19D,20D,21D,22D,23D,24D,25D,26D,27D,28D. The first kappa shape index (κ1) is 13.3. The average molecular weight is 617 g/mol. The van der Waals surface area contributed by atoms with Crippen LogP contribution in [0, 0.1) is 0 Å². The normalized spacial score (nSPS) is 17.8. The lowest BCUT2D eigenvalue weighted by molar-refractivity contribution is 0.669. The van der Waals surface area contributed by atoms with Crippen LogP contribution >= 0.6 is 0 Å². The summed E-state index contributed by atoms with van der Waals surface area (Å²) in [6.07, 6.45) is 0. The predicted molar refractivity (Wildman–Crippen MR) is 200 cm³/mol. The molecule has 0 bridgehead atoms. The minimum Gasteiger partial charge on any atom is -0.456 e. The number of furan rings is 1. The lowest BCUT2D eigenvalue weighted by atomic mass is 9.85. The first-order chi connectivity index (χ1) is 31.7. The van der Waals surface area contributed by atoms with Crippen LogP contribution in [0.1, 0.15) is 27.4 Å². The Balaban J connectivity index is 1.32. The van der Waals surface area contributed by atoms with Crippen molar-refractivity contribution in [1.82, 2.24) is 0 Å². The first-order valence-corrected chi connectivity index (χ1v) is 14.6. The summed E-state index contributed by atoms with van der Waals surface area (Å²) in [5, 5.41) is -0.318. The highest BCUT2D eigenvalue weighted by Crippen LogP contribution is 2.45. The van der Waals surface area contributed by atoms with E-state index in [1.807, 2.05) is 0 Å². The summed E-state index contributed by atoms with van der Waals surface area (Å²) in [4.78, 5) is 0. The van der Waals surface area contributed by atoms with Gasteiger partial charge in [-0.1, -0.05) is 133 Å². The molecule has 1 heterocycles. The van der Waals surface area contributed by atoms with Gasteiger partial charge in [-0.15, -0.1) is 0 Å². The van der Waals surface area contributed by atoms with E-state index in [9.17, 15) is 12.3 Å². The van der Waals surface area contributed by atoms with Crippen molar-refractivity contribution in [3.63, 3.8) is 0 Å². The molecule has 0 saturated heterocycles. The van der Waals surface area contributed by atoms with E-state index in [1.165, 1.54) is 0 Å². The lowest BCUT2D eigenvalue weighted by Gasteiger charge is -2.18. The molecule has 0 saturated carbocycles. The van der Waals surface area contributed by atoms with Gasteiger partial charge in [-0.3, -0.25) is 0 Å². The molecule has 0 aliphatic rings. The molecule has 9 aromatic carbocycles. The highest BCUT2D eigenvalue weighted by molar-refractivity contribution is 6.22. The van der Waals surface area contributed by atoms with Gasteiger partial charge in [-0.2, -0.15) is 0 Å². The zero-order valence-corrected chi connectivity index (χ0v) is 24.0. The van der Waals surface area contributed by atoms with E-state index < -0.39 is 137 Å². The first-order valence-electron chi connectivity index (χ1n) is 24.6. The summed E-state index contributed by atoms with van der Waals surface area (Å²) in [5.74, 6) is 0. The van der Waals surface area contributed by atoms with Gasteiger partial charge in [0.1, 0.15) is 11.2 Å². The molecule has 0 fully saturated rings. The molecule has 0 spiro atoms. The zero-order chi connectivity index (χ0) is 48.3. The van der Waals surface area contributed by atoms with Gasteiger partial charge in [-0.25, -0.2) is 0 Å². The maximum absolute atomic E-state index is 9.77. The smallest absolute Gasteiger partial charge is 0.136 e. The van der Waals surface area contributed by atoms with Gasteiger partial charge in [0.25, 0.3) is 0 Å². The van der Waals surface area contributed by atoms with Gasteiger partial charge >= 0.3 is 0 Å². The monoisotopic (exact) mass is 616 g/mol. The second-order valence-corrected chi connectivity index (χ2v) is 10.9. The lowest BCUT2D eigenvalue weighted by Crippen LogP contribution is -1.91. The molecule has 1 aromatic heterocycles. The van der Waals surface area contributed by atoms with Crippen LogP contribution in [0.2, 0.25) is 0 Å². The van der Waals surface area contributed by atoms with Gasteiger partial charge in [0, 0.05) is 10.8 Å². The van der Waals surface area contributed by atoms with Gasteiger partial charge < -0.3 is 4.42 Å². The molecule has 1 nitrogen and oxygen atoms in total. The maximum Gasteiger partial charge on any atom is 0.136 e. The summed E-state index contributed by atoms with van der Waals surface area (Å²) in [5.41, 5.74) is -1.52. The third-order valence-electron chi connectivity index (χ3n) is 8.19. The van der Waals surface area contributed by atoms with E-state index in [0.29, 0.717) is 21.5 Å². The molecule has 47 heavy (non-hydrogen) atoms. The summed E-state index contributed by atoms with van der Waals surface area (Å²) >= 11 is 0. The number of rotatable bonds is 3. The van der Waals surface area contributed by atoms with Gasteiger partial charge in [0.05, 0.1) is 27.4 Å². The SMILES string of the molecule is [2H]c1c([2H])c([2H])c(-c2c([2H])c([2H])c3c([2H])c(-c4c5ccccc5c(-c5c([2H])c([2H])c6oc7c([2H])c8c([2H])c([2H])c([2H])c([2H])c8c([2H])c7c6c5[2H])c5ccccc45)c([2H])c([2H])c3c2[2H])c([2H])c1[2H]. The third kappa shape index (κ3) is 4.10. The average Bonchev–Trinajstić information content (AvgIpc) is 3.73. The largest absolute Gasteiger partial charge is 0.456 e. The van der Waals surface area contributed by atoms with Crippen LogP contribution in [0.4, 0.5) is 0 Å². The second kappa shape index (κ2) is 10.2. The summed E-state index contributed by atoms with van der Waals surface area (Å²) in [6, 6.07) is 1.01. The molecule has 0 radical (unpaired) electrons. The van der Waals surface area contributed by atoms with Crippen LogP contribution in [0.25, 0.3) is 98.4 Å². The fourth-order valence-electron chi connectivity index (χ4n) is 6.15. The zero-order valence-electron chi connectivity index (χ0n) is 44.0. The van der Waals surface area contributed by atoms with Crippen molar-refractivity contribution in [2.24, 2.45) is 0 Å². The molecule has 218 valence electrons. The highest BCUT2D eigenvalue weighted by atomic mass is 16.3. The molecule has 0 aliphatic carbocycles. The predicted octanol–water partition coefficient (Wildman–Crippen LogP) is 13.2. The van der Waals surface area contributed by atoms with Gasteiger partial charge in [0.2, 0.25) is 0 Å². The van der Waals surface area contributed by atoms with Crippen LogP contribution in [-0.2, 0) is 0 Å². The highest BCUT2D eigenvalue weighted by Gasteiger charge is 2.18. The van der Waals surface area contributed by atoms with Crippen LogP contribution in [0.5, 0.6) is 0 Å². The number of hydrogen-bond acceptors (Lipinski definition) is 1. The van der Waals surface area contributed by atoms with Crippen molar-refractivity contribution in [1.29, 1.82) is 0 Å². The minimum atomic E-state index is -0.741. The van der Waals surface area contributed by atoms with Crippen molar-refractivity contribution in [2.45, 2.75) is 0 Å². The van der Waals surface area contributed by atoms with Crippen LogP contribution in [0.3, 0.4) is 0 Å². The molecule has 0 aliphatic heterocycles. The van der Waals surface area contributed by atoms with Crippen molar-refractivity contribution in [2.75, 3.05) is 0 Å². The Kier molecular flexibility index (Phi) is 2.87. The molecule has 0 unspecified atom stereocenters. The van der Waals surface area contributed by atoms with E-state index in [1.54, 1.807) is 48.5 Å². The van der Waals surface area contributed by atoms with E-state index in [-0.39, 0.29) is 60.4 Å². The molecular weight excluding hydrogens is 569 g/mol. The molecule has 0 N–H and O–H groups in total. The quantitative estimate of drug-likeness (QED) is 0.180. The van der Waals surface area contributed by atoms with Gasteiger partial charge in [-0.05, 0) is 113 Å². The van der Waals surface area contributed by atoms with Crippen molar-refractivity contribution in [3.8, 4) is 33.4 Å². The third-order valence-corrected chi connectivity index (χ3v) is 8.19. The number of fused-ring (bicyclic) bond motifs is 7. The Bertz CT molecular complexity index is 3900. The molecule has 1 heteroatoms. The summed E-state index contributed by atoms with van der Waals surface area (Å²) in [7, 11) is 0. The van der Waals surface area contributed by atoms with Crippen molar-refractivity contribution < 1.29 is 31.8 Å². The van der Waals surface area contributed by atoms with E-state index in [4.69, 9.17) is 19.5 Å². The van der Waals surface area contributed by atoms with Crippen LogP contribution in [0.15, 0.2) is 174 Å². The topological polar surface area (TPSA) is 13.1 Å². The Morgan fingerprint density at radius 2 is 0.830 bits per heavy atom. The number of benzene rings is 9. The fraction of sp³-hybridized carbons (Fsp3) is 0. The Hall–Kier alpha value is -6.18. The minimum absolute atomic E-state index is 0.108. The molecule has 0 atom stereocenters. The molecule has 0 amide bonds. The Morgan fingerprint density at radius 1 is 0.340 bits per heavy atom. The van der Waals surface area contributed by atoms with Crippen molar-refractivity contribution >= 4 is 65.0 Å². The van der Waals surface area contributed by atoms with E-state index >= 15 is 0 Å². The second-order valence-electron chi connectivity index (χ2n) is 10.9. The Morgan fingerprint density at radius 3 is 1.49 bits per heavy atom. The Labute approximate surface area is 300 Å². The number of hydrogen-bond donors (Lipinski definition) is 0.